The molecule has 1 aromatic heterocycles. The van der Waals surface area contributed by atoms with E-state index < -0.39 is 0 Å². The van der Waals surface area contributed by atoms with Gasteiger partial charge in [-0.25, -0.2) is 14.9 Å². The van der Waals surface area contributed by atoms with Gasteiger partial charge >= 0.3 is 0 Å². The summed E-state index contributed by atoms with van der Waals surface area (Å²) in [5.74, 6) is 0.439. The number of rotatable bonds is 3. The standard InChI is InChI=1S/C23H15N3OS/c27-22-19(15-16-9-3-1-4-10-16)24-21(17-11-5-2-6-12-17)26(22)23-25-18-13-7-8-14-20(18)28-23/h1-15H/b19-15-. The van der Waals surface area contributed by atoms with E-state index in [1.165, 1.54) is 11.3 Å². The summed E-state index contributed by atoms with van der Waals surface area (Å²) >= 11 is 1.49. The molecule has 1 aliphatic heterocycles. The third-order valence-corrected chi connectivity index (χ3v) is 5.49. The number of carbonyl (C=O) groups is 1. The second-order valence-electron chi connectivity index (χ2n) is 6.35. The van der Waals surface area contributed by atoms with Gasteiger partial charge in [-0.15, -0.1) is 0 Å². The van der Waals surface area contributed by atoms with Crippen LogP contribution in [0.2, 0.25) is 0 Å². The fourth-order valence-electron chi connectivity index (χ4n) is 3.14. The van der Waals surface area contributed by atoms with Gasteiger partial charge in [0.2, 0.25) is 0 Å². The van der Waals surface area contributed by atoms with Crippen LogP contribution >= 0.6 is 11.3 Å². The van der Waals surface area contributed by atoms with Gasteiger partial charge < -0.3 is 0 Å². The molecule has 0 saturated carbocycles. The van der Waals surface area contributed by atoms with Crippen molar-refractivity contribution < 1.29 is 4.79 Å². The molecule has 4 nitrogen and oxygen atoms in total. The Morgan fingerprint density at radius 1 is 0.821 bits per heavy atom. The third-order valence-electron chi connectivity index (χ3n) is 4.47. The van der Waals surface area contributed by atoms with Gasteiger partial charge in [-0.3, -0.25) is 4.79 Å². The lowest BCUT2D eigenvalue weighted by Crippen LogP contribution is -2.32. The summed E-state index contributed by atoms with van der Waals surface area (Å²) in [6.07, 6.45) is 1.82. The lowest BCUT2D eigenvalue weighted by molar-refractivity contribution is -0.113. The van der Waals surface area contributed by atoms with E-state index in [-0.39, 0.29) is 5.91 Å². The van der Waals surface area contributed by atoms with E-state index in [4.69, 9.17) is 0 Å². The van der Waals surface area contributed by atoms with Crippen LogP contribution in [0.25, 0.3) is 16.3 Å². The summed E-state index contributed by atoms with van der Waals surface area (Å²) in [5, 5.41) is 0.630. The van der Waals surface area contributed by atoms with E-state index in [9.17, 15) is 4.79 Å². The quantitative estimate of drug-likeness (QED) is 0.462. The zero-order chi connectivity index (χ0) is 18.9. The van der Waals surface area contributed by atoms with Crippen molar-refractivity contribution in [1.29, 1.82) is 0 Å². The zero-order valence-electron chi connectivity index (χ0n) is 14.8. The van der Waals surface area contributed by atoms with Crippen LogP contribution in [0.3, 0.4) is 0 Å². The molecule has 5 rings (SSSR count). The fraction of sp³-hybridized carbons (Fsp3) is 0. The van der Waals surface area contributed by atoms with Crippen molar-refractivity contribution in [2.24, 2.45) is 4.99 Å². The molecule has 0 saturated heterocycles. The van der Waals surface area contributed by atoms with Crippen LogP contribution in [0, 0.1) is 0 Å². The van der Waals surface area contributed by atoms with Crippen molar-refractivity contribution in [2.45, 2.75) is 0 Å². The Balaban J connectivity index is 1.65. The summed E-state index contributed by atoms with van der Waals surface area (Å²) in [6, 6.07) is 27.4. The number of hydrogen-bond donors (Lipinski definition) is 0. The maximum absolute atomic E-state index is 13.3. The van der Waals surface area contributed by atoms with Gasteiger partial charge in [-0.1, -0.05) is 84.1 Å². The number of nitrogens with zero attached hydrogens (tertiary/aromatic N) is 3. The first-order chi connectivity index (χ1) is 13.8. The van der Waals surface area contributed by atoms with Crippen LogP contribution in [0.4, 0.5) is 5.13 Å². The highest BCUT2D eigenvalue weighted by atomic mass is 32.1. The lowest BCUT2D eigenvalue weighted by Gasteiger charge is -2.14. The third kappa shape index (κ3) is 2.92. The number of amides is 1. The average Bonchev–Trinajstić information content (AvgIpc) is 3.30. The smallest absolute Gasteiger partial charge is 0.266 e. The maximum atomic E-state index is 13.3. The molecule has 1 amide bonds. The first-order valence-electron chi connectivity index (χ1n) is 8.90. The van der Waals surface area contributed by atoms with Crippen LogP contribution < -0.4 is 4.90 Å². The highest BCUT2D eigenvalue weighted by Crippen LogP contribution is 2.33. The predicted molar refractivity (Wildman–Crippen MR) is 115 cm³/mol. The number of thiazole rings is 1. The Labute approximate surface area is 166 Å². The molecule has 0 spiro atoms. The summed E-state index contributed by atoms with van der Waals surface area (Å²) < 4.78 is 1.04. The van der Waals surface area contributed by atoms with Gasteiger partial charge in [0.1, 0.15) is 11.5 Å². The van der Waals surface area contributed by atoms with Crippen molar-refractivity contribution in [3.63, 3.8) is 0 Å². The Hall–Kier alpha value is -3.57. The molecule has 0 bridgehead atoms. The Morgan fingerprint density at radius 2 is 1.50 bits per heavy atom. The predicted octanol–water partition coefficient (Wildman–Crippen LogP) is 5.13. The minimum absolute atomic E-state index is 0.165. The fourth-order valence-corrected chi connectivity index (χ4v) is 4.10. The molecule has 3 aromatic carbocycles. The van der Waals surface area contributed by atoms with Crippen LogP contribution in [0.1, 0.15) is 11.1 Å². The first-order valence-corrected chi connectivity index (χ1v) is 9.72. The van der Waals surface area contributed by atoms with Crippen LogP contribution in [-0.4, -0.2) is 16.7 Å². The summed E-state index contributed by atoms with van der Waals surface area (Å²) in [4.78, 5) is 24.3. The largest absolute Gasteiger partial charge is 0.284 e. The van der Waals surface area contributed by atoms with Crippen molar-refractivity contribution in [3.8, 4) is 0 Å². The van der Waals surface area contributed by atoms with E-state index >= 15 is 0 Å². The van der Waals surface area contributed by atoms with Crippen molar-refractivity contribution in [3.05, 3.63) is 102 Å². The van der Waals surface area contributed by atoms with Crippen LogP contribution in [0.5, 0.6) is 0 Å². The van der Waals surface area contributed by atoms with Crippen LogP contribution in [0.15, 0.2) is 95.6 Å². The minimum atomic E-state index is -0.165. The number of fused-ring (bicyclic) bond motifs is 1. The first kappa shape index (κ1) is 16.6. The maximum Gasteiger partial charge on any atom is 0.284 e. The normalized spacial score (nSPS) is 15.4. The zero-order valence-corrected chi connectivity index (χ0v) is 15.6. The van der Waals surface area contributed by atoms with E-state index in [0.29, 0.717) is 16.7 Å². The molecule has 1 aliphatic rings. The molecule has 0 N–H and O–H groups in total. The second-order valence-corrected chi connectivity index (χ2v) is 7.36. The number of aliphatic imine (C=N–C) groups is 1. The van der Waals surface area contributed by atoms with E-state index in [1.807, 2.05) is 91.0 Å². The number of benzene rings is 3. The topological polar surface area (TPSA) is 45.6 Å². The number of hydrogen-bond acceptors (Lipinski definition) is 4. The Kier molecular flexibility index (Phi) is 4.07. The van der Waals surface area contributed by atoms with Gasteiger partial charge in [-0.2, -0.15) is 0 Å². The van der Waals surface area contributed by atoms with Crippen molar-refractivity contribution in [2.75, 3.05) is 4.90 Å². The minimum Gasteiger partial charge on any atom is -0.266 e. The van der Waals surface area contributed by atoms with Crippen molar-refractivity contribution >= 4 is 44.5 Å². The van der Waals surface area contributed by atoms with E-state index in [1.54, 1.807) is 4.90 Å². The molecule has 134 valence electrons. The molecule has 4 aromatic rings. The monoisotopic (exact) mass is 381 g/mol. The number of aromatic nitrogens is 1. The number of para-hydroxylation sites is 1. The number of anilines is 1. The molecule has 28 heavy (non-hydrogen) atoms. The van der Waals surface area contributed by atoms with Gasteiger partial charge in [0.25, 0.3) is 5.91 Å². The van der Waals surface area contributed by atoms with Gasteiger partial charge in [0, 0.05) is 5.56 Å². The van der Waals surface area contributed by atoms with Gasteiger partial charge in [0.05, 0.1) is 10.2 Å². The SMILES string of the molecule is O=C1/C(=C/c2ccccc2)N=C(c2ccccc2)N1c1nc2ccccc2s1. The van der Waals surface area contributed by atoms with Crippen LogP contribution in [-0.2, 0) is 4.79 Å². The molecule has 2 heterocycles. The number of carbonyl (C=O) groups excluding carboxylic acids is 1. The molecule has 0 atom stereocenters. The highest BCUT2D eigenvalue weighted by molar-refractivity contribution is 7.22. The van der Waals surface area contributed by atoms with Gasteiger partial charge in [-0.05, 0) is 23.8 Å². The summed E-state index contributed by atoms with van der Waals surface area (Å²) in [5.41, 5.74) is 3.10. The molecular formula is C23H15N3OS. The summed E-state index contributed by atoms with van der Waals surface area (Å²) in [6.45, 7) is 0. The molecule has 0 aliphatic carbocycles. The molecule has 0 fully saturated rings. The highest BCUT2D eigenvalue weighted by Gasteiger charge is 2.34. The Morgan fingerprint density at radius 3 is 2.25 bits per heavy atom. The molecular weight excluding hydrogens is 366 g/mol. The molecule has 5 heteroatoms. The summed E-state index contributed by atoms with van der Waals surface area (Å²) in [7, 11) is 0. The molecule has 0 radical (unpaired) electrons. The van der Waals surface area contributed by atoms with Gasteiger partial charge in [0.15, 0.2) is 5.13 Å². The molecule has 0 unspecified atom stereocenters. The Bertz CT molecular complexity index is 1190. The van der Waals surface area contributed by atoms with E-state index in [0.717, 1.165) is 21.3 Å². The second kappa shape index (κ2) is 6.87. The average molecular weight is 381 g/mol. The van der Waals surface area contributed by atoms with Crippen molar-refractivity contribution in [1.82, 2.24) is 4.98 Å². The van der Waals surface area contributed by atoms with E-state index in [2.05, 4.69) is 9.98 Å². The number of amidine groups is 1. The lowest BCUT2D eigenvalue weighted by atomic mass is 10.2.